The van der Waals surface area contributed by atoms with Crippen LogP contribution in [-0.4, -0.2) is 14.2 Å². The molecule has 0 radical (unpaired) electrons. The lowest BCUT2D eigenvalue weighted by Gasteiger charge is -2.22. The van der Waals surface area contributed by atoms with E-state index in [1.165, 1.54) is 11.3 Å². The van der Waals surface area contributed by atoms with Crippen LogP contribution in [0.15, 0.2) is 44.8 Å². The molecular formula is C13H11ClO2S3. The minimum absolute atomic E-state index is 0.171. The smallest absolute Gasteiger partial charge is 0.188 e. The predicted octanol–water partition coefficient (Wildman–Crippen LogP) is 4.41. The molecule has 3 rings (SSSR count). The summed E-state index contributed by atoms with van der Waals surface area (Å²) < 4.78 is 24.5. The summed E-state index contributed by atoms with van der Waals surface area (Å²) in [5, 5.41) is 2.75. The molecule has 1 aliphatic rings. The van der Waals surface area contributed by atoms with Crippen molar-refractivity contribution in [1.82, 2.24) is 0 Å². The Hall–Kier alpha value is -0.490. The van der Waals surface area contributed by atoms with E-state index in [1.807, 2.05) is 35.7 Å². The van der Waals surface area contributed by atoms with Gasteiger partial charge in [0.05, 0.1) is 10.8 Å². The first kappa shape index (κ1) is 13.5. The monoisotopic (exact) mass is 330 g/mol. The lowest BCUT2D eigenvalue weighted by Crippen LogP contribution is -2.16. The van der Waals surface area contributed by atoms with Gasteiger partial charge in [-0.1, -0.05) is 23.7 Å². The highest BCUT2D eigenvalue weighted by Crippen LogP contribution is 2.47. The number of thiophene rings is 1. The van der Waals surface area contributed by atoms with E-state index in [1.54, 1.807) is 11.8 Å². The number of thioether (sulfide) groups is 1. The van der Waals surface area contributed by atoms with E-state index in [0.29, 0.717) is 10.6 Å². The fourth-order valence-electron chi connectivity index (χ4n) is 2.12. The van der Waals surface area contributed by atoms with E-state index in [-0.39, 0.29) is 11.0 Å². The quantitative estimate of drug-likeness (QED) is 0.817. The molecule has 19 heavy (non-hydrogen) atoms. The zero-order valence-electron chi connectivity index (χ0n) is 9.87. The van der Waals surface area contributed by atoms with Crippen LogP contribution in [0.2, 0.25) is 5.02 Å². The van der Waals surface area contributed by atoms with Gasteiger partial charge in [0.2, 0.25) is 0 Å². The van der Waals surface area contributed by atoms with Gasteiger partial charge in [0.25, 0.3) is 0 Å². The number of benzene rings is 1. The third-order valence-electron chi connectivity index (χ3n) is 3.04. The van der Waals surface area contributed by atoms with Gasteiger partial charge < -0.3 is 0 Å². The van der Waals surface area contributed by atoms with Crippen LogP contribution < -0.4 is 0 Å². The van der Waals surface area contributed by atoms with Crippen LogP contribution in [0.4, 0.5) is 0 Å². The number of hydrogen-bond donors (Lipinski definition) is 0. The molecule has 1 aliphatic heterocycles. The summed E-state index contributed by atoms with van der Waals surface area (Å²) >= 11 is 9.13. The van der Waals surface area contributed by atoms with E-state index >= 15 is 0 Å². The Morgan fingerprint density at radius 2 is 2.05 bits per heavy atom. The first-order valence-corrected chi connectivity index (χ1v) is 9.58. The molecule has 0 saturated heterocycles. The van der Waals surface area contributed by atoms with Crippen molar-refractivity contribution in [2.75, 3.05) is 5.75 Å². The summed E-state index contributed by atoms with van der Waals surface area (Å²) in [6.07, 6.45) is 0.641. The molecule has 1 aromatic carbocycles. The van der Waals surface area contributed by atoms with Crippen molar-refractivity contribution in [3.63, 3.8) is 0 Å². The summed E-state index contributed by atoms with van der Waals surface area (Å²) in [5.41, 5.74) is 0.932. The maximum absolute atomic E-state index is 12.0. The molecule has 0 aliphatic carbocycles. The molecule has 0 fully saturated rings. The highest BCUT2D eigenvalue weighted by molar-refractivity contribution is 8.00. The van der Waals surface area contributed by atoms with Crippen molar-refractivity contribution in [2.24, 2.45) is 0 Å². The summed E-state index contributed by atoms with van der Waals surface area (Å²) in [4.78, 5) is 1.01. The zero-order valence-corrected chi connectivity index (χ0v) is 13.1. The van der Waals surface area contributed by atoms with Crippen molar-refractivity contribution in [3.05, 3.63) is 46.3 Å². The molecule has 1 atom stereocenters. The summed E-state index contributed by atoms with van der Waals surface area (Å²) in [6.45, 7) is 0. The molecule has 2 nitrogen and oxygen atoms in total. The van der Waals surface area contributed by atoms with Crippen LogP contribution in [-0.2, 0) is 9.84 Å². The Morgan fingerprint density at radius 3 is 2.84 bits per heavy atom. The molecule has 6 heteroatoms. The molecule has 1 aromatic heterocycles. The molecule has 2 aromatic rings. The van der Waals surface area contributed by atoms with E-state index in [2.05, 4.69) is 0 Å². The van der Waals surface area contributed by atoms with E-state index < -0.39 is 9.84 Å². The molecule has 0 bridgehead atoms. The molecular weight excluding hydrogens is 320 g/mol. The second-order valence-corrected chi connectivity index (χ2v) is 9.18. The van der Waals surface area contributed by atoms with Crippen LogP contribution in [0, 0.1) is 0 Å². The Labute approximate surface area is 125 Å². The summed E-state index contributed by atoms with van der Waals surface area (Å²) in [5.74, 6) is 0.225. The molecule has 0 spiro atoms. The van der Waals surface area contributed by atoms with E-state index in [9.17, 15) is 8.42 Å². The van der Waals surface area contributed by atoms with Gasteiger partial charge in [0.1, 0.15) is 4.21 Å². The molecule has 0 amide bonds. The van der Waals surface area contributed by atoms with Crippen LogP contribution in [0.3, 0.4) is 0 Å². The minimum Gasteiger partial charge on any atom is -0.223 e. The maximum Gasteiger partial charge on any atom is 0.188 e. The second kappa shape index (κ2) is 5.13. The van der Waals surface area contributed by atoms with Crippen LogP contribution in [0.1, 0.15) is 17.2 Å². The maximum atomic E-state index is 12.0. The number of fused-ring (bicyclic) bond motifs is 1. The largest absolute Gasteiger partial charge is 0.223 e. The number of halogens is 1. The Kier molecular flexibility index (Phi) is 3.64. The zero-order chi connectivity index (χ0) is 13.5. The van der Waals surface area contributed by atoms with E-state index in [4.69, 9.17) is 11.6 Å². The van der Waals surface area contributed by atoms with Crippen LogP contribution in [0.25, 0.3) is 0 Å². The highest BCUT2D eigenvalue weighted by atomic mass is 35.5. The normalized spacial score (nSPS) is 21.0. The number of rotatable bonds is 2. The van der Waals surface area contributed by atoms with Crippen LogP contribution >= 0.6 is 34.7 Å². The van der Waals surface area contributed by atoms with Gasteiger partial charge in [0, 0.05) is 10.1 Å². The predicted molar refractivity (Wildman–Crippen MR) is 81.0 cm³/mol. The first-order chi connectivity index (χ1) is 9.08. The lowest BCUT2D eigenvalue weighted by molar-refractivity contribution is 0.588. The first-order valence-electron chi connectivity index (χ1n) is 5.79. The molecule has 2 heterocycles. The van der Waals surface area contributed by atoms with Crippen molar-refractivity contribution in [3.8, 4) is 0 Å². The van der Waals surface area contributed by atoms with E-state index in [0.717, 1.165) is 15.5 Å². The molecule has 0 saturated carbocycles. The second-order valence-electron chi connectivity index (χ2n) is 4.31. The molecule has 0 N–H and O–H groups in total. The Balaban J connectivity index is 1.95. The lowest BCUT2D eigenvalue weighted by atomic mass is 10.2. The highest BCUT2D eigenvalue weighted by Gasteiger charge is 2.32. The molecule has 100 valence electrons. The average Bonchev–Trinajstić information content (AvgIpc) is 2.86. The molecule has 1 unspecified atom stereocenters. The fourth-order valence-corrected chi connectivity index (χ4v) is 6.88. The van der Waals surface area contributed by atoms with Gasteiger partial charge in [-0.15, -0.1) is 23.1 Å². The Bertz CT molecular complexity index is 706. The topological polar surface area (TPSA) is 34.1 Å². The average molecular weight is 331 g/mol. The van der Waals surface area contributed by atoms with Crippen LogP contribution in [0.5, 0.6) is 0 Å². The van der Waals surface area contributed by atoms with Gasteiger partial charge in [0.15, 0.2) is 9.84 Å². The third kappa shape index (κ3) is 2.57. The SMILES string of the molecule is O=S1(=O)CCC(Sc2ccccc2Cl)c2ccsc21. The Morgan fingerprint density at radius 1 is 1.26 bits per heavy atom. The third-order valence-corrected chi connectivity index (χ3v) is 8.21. The van der Waals surface area contributed by atoms with Gasteiger partial charge in [-0.05, 0) is 35.6 Å². The van der Waals surface area contributed by atoms with Gasteiger partial charge in [-0.3, -0.25) is 0 Å². The van der Waals surface area contributed by atoms with Crippen molar-refractivity contribution < 1.29 is 8.42 Å². The van der Waals surface area contributed by atoms with Gasteiger partial charge in [-0.25, -0.2) is 8.42 Å². The minimum atomic E-state index is -3.06. The summed E-state index contributed by atoms with van der Waals surface area (Å²) in [7, 11) is -3.06. The summed E-state index contributed by atoms with van der Waals surface area (Å²) in [6, 6.07) is 9.60. The van der Waals surface area contributed by atoms with Gasteiger partial charge >= 0.3 is 0 Å². The standard InChI is InChI=1S/C13H11ClO2S3/c14-10-3-1-2-4-12(10)18-11-6-8-19(15,16)13-9(11)5-7-17-13/h1-5,7,11H,6,8H2. The number of sulfone groups is 1. The van der Waals surface area contributed by atoms with Crippen molar-refractivity contribution in [1.29, 1.82) is 0 Å². The fraction of sp³-hybridized carbons (Fsp3) is 0.231. The number of hydrogen-bond acceptors (Lipinski definition) is 4. The van der Waals surface area contributed by atoms with Gasteiger partial charge in [-0.2, -0.15) is 0 Å². The van der Waals surface area contributed by atoms with Crippen molar-refractivity contribution >= 4 is 44.5 Å². The van der Waals surface area contributed by atoms with Crippen molar-refractivity contribution in [2.45, 2.75) is 20.8 Å².